The van der Waals surface area contributed by atoms with Crippen molar-refractivity contribution in [1.29, 1.82) is 0 Å². The molecule has 2 aromatic carbocycles. The van der Waals surface area contributed by atoms with E-state index in [2.05, 4.69) is 15.6 Å². The molecule has 1 aromatic heterocycles. The molecule has 0 bridgehead atoms. The van der Waals surface area contributed by atoms with Crippen LogP contribution in [0, 0.1) is 5.82 Å². The Morgan fingerprint density at radius 2 is 2.04 bits per heavy atom. The monoisotopic (exact) mass is 368 g/mol. The molecule has 27 heavy (non-hydrogen) atoms. The lowest BCUT2D eigenvalue weighted by atomic mass is 10.2. The van der Waals surface area contributed by atoms with Crippen molar-refractivity contribution in [2.45, 2.75) is 19.6 Å². The lowest BCUT2D eigenvalue weighted by molar-refractivity contribution is 0.252. The number of carbonyl (C=O) groups is 1. The summed E-state index contributed by atoms with van der Waals surface area (Å²) < 4.78 is 20.6. The average Bonchev–Trinajstić information content (AvgIpc) is 3.19. The zero-order chi connectivity index (χ0) is 18.9. The number of nitrogens with one attached hydrogen (secondary N) is 2. The molecular weight excluding hydrogens is 347 g/mol. The minimum atomic E-state index is -0.277. The first-order valence-corrected chi connectivity index (χ1v) is 8.67. The highest BCUT2D eigenvalue weighted by Gasteiger charge is 2.03. The molecule has 0 saturated heterocycles. The van der Waals surface area contributed by atoms with Gasteiger partial charge >= 0.3 is 6.03 Å². The molecule has 3 aromatic rings. The second kappa shape index (κ2) is 9.38. The second-order valence-corrected chi connectivity index (χ2v) is 5.98. The Labute approximate surface area is 157 Å². The molecule has 6 nitrogen and oxygen atoms in total. The minimum Gasteiger partial charge on any atom is -0.489 e. The topological polar surface area (TPSA) is 68.2 Å². The summed E-state index contributed by atoms with van der Waals surface area (Å²) in [5, 5.41) is 5.60. The molecule has 0 unspecified atom stereocenters. The van der Waals surface area contributed by atoms with Crippen LogP contribution in [-0.4, -0.2) is 22.1 Å². The van der Waals surface area contributed by atoms with Gasteiger partial charge in [0.25, 0.3) is 0 Å². The molecule has 3 rings (SSSR count). The number of aryl methyl sites for hydroxylation is 1. The van der Waals surface area contributed by atoms with Crippen LogP contribution in [0.25, 0.3) is 0 Å². The number of urea groups is 1. The van der Waals surface area contributed by atoms with Gasteiger partial charge in [-0.05, 0) is 36.2 Å². The highest BCUT2D eigenvalue weighted by atomic mass is 19.1. The van der Waals surface area contributed by atoms with Crippen molar-refractivity contribution in [3.05, 3.63) is 78.6 Å². The van der Waals surface area contributed by atoms with Gasteiger partial charge < -0.3 is 19.9 Å². The van der Waals surface area contributed by atoms with Crippen LogP contribution in [0.5, 0.6) is 5.75 Å². The Bertz CT molecular complexity index is 851. The summed E-state index contributed by atoms with van der Waals surface area (Å²) in [5.41, 5.74) is 1.50. The van der Waals surface area contributed by atoms with Crippen LogP contribution in [-0.2, 0) is 13.2 Å². The van der Waals surface area contributed by atoms with Crippen LogP contribution in [0.1, 0.15) is 12.0 Å². The Morgan fingerprint density at radius 3 is 2.81 bits per heavy atom. The molecule has 0 aliphatic heterocycles. The predicted molar refractivity (Wildman–Crippen MR) is 101 cm³/mol. The van der Waals surface area contributed by atoms with Crippen LogP contribution in [0.4, 0.5) is 14.9 Å². The summed E-state index contributed by atoms with van der Waals surface area (Å²) in [5.74, 6) is 0.346. The summed E-state index contributed by atoms with van der Waals surface area (Å²) in [6, 6.07) is 13.0. The number of nitrogens with zero attached hydrogens (tertiary/aromatic N) is 2. The van der Waals surface area contributed by atoms with Gasteiger partial charge in [0, 0.05) is 37.2 Å². The molecule has 0 radical (unpaired) electrons. The van der Waals surface area contributed by atoms with Gasteiger partial charge in [0.2, 0.25) is 0 Å². The Morgan fingerprint density at radius 1 is 1.19 bits per heavy atom. The molecule has 0 spiro atoms. The van der Waals surface area contributed by atoms with Gasteiger partial charge in [-0.3, -0.25) is 0 Å². The maximum atomic E-state index is 12.9. The lowest BCUT2D eigenvalue weighted by Gasteiger charge is -2.10. The van der Waals surface area contributed by atoms with Gasteiger partial charge in [-0.2, -0.15) is 0 Å². The van der Waals surface area contributed by atoms with Crippen molar-refractivity contribution < 1.29 is 13.9 Å². The third kappa shape index (κ3) is 6.14. The third-order valence-electron chi connectivity index (χ3n) is 3.85. The van der Waals surface area contributed by atoms with Gasteiger partial charge in [0.05, 0.1) is 6.33 Å². The molecule has 140 valence electrons. The highest BCUT2D eigenvalue weighted by molar-refractivity contribution is 5.89. The Kier molecular flexibility index (Phi) is 6.40. The number of amides is 2. The van der Waals surface area contributed by atoms with Crippen molar-refractivity contribution in [3.8, 4) is 5.75 Å². The summed E-state index contributed by atoms with van der Waals surface area (Å²) >= 11 is 0. The number of benzene rings is 2. The normalized spacial score (nSPS) is 10.4. The first kappa shape index (κ1) is 18.4. The van der Waals surface area contributed by atoms with E-state index in [0.717, 1.165) is 18.5 Å². The average molecular weight is 368 g/mol. The van der Waals surface area contributed by atoms with Crippen molar-refractivity contribution in [2.24, 2.45) is 0 Å². The van der Waals surface area contributed by atoms with Gasteiger partial charge in [-0.25, -0.2) is 14.2 Å². The van der Waals surface area contributed by atoms with E-state index in [1.165, 1.54) is 12.1 Å². The van der Waals surface area contributed by atoms with Crippen molar-refractivity contribution in [2.75, 3.05) is 11.9 Å². The molecule has 7 heteroatoms. The molecule has 1 heterocycles. The quantitative estimate of drug-likeness (QED) is 0.594. The molecule has 0 fully saturated rings. The zero-order valence-corrected chi connectivity index (χ0v) is 14.8. The predicted octanol–water partition coefficient (Wildman–Crippen LogP) is 3.81. The summed E-state index contributed by atoms with van der Waals surface area (Å²) in [6.45, 7) is 1.68. The fraction of sp³-hybridized carbons (Fsp3) is 0.200. The van der Waals surface area contributed by atoms with E-state index in [1.807, 2.05) is 10.8 Å². The second-order valence-electron chi connectivity index (χ2n) is 5.98. The maximum Gasteiger partial charge on any atom is 0.319 e. The highest BCUT2D eigenvalue weighted by Crippen LogP contribution is 2.18. The van der Waals surface area contributed by atoms with Crippen LogP contribution in [0.3, 0.4) is 0 Å². The molecule has 0 aliphatic rings. The number of hydrogen-bond donors (Lipinski definition) is 2. The van der Waals surface area contributed by atoms with Crippen molar-refractivity contribution in [1.82, 2.24) is 14.9 Å². The Hall–Kier alpha value is -3.35. The standard InChI is InChI=1S/C20H21FN4O2/c21-17-7-5-16(6-8-17)14-27-19-4-1-3-18(13-19)24-20(26)23-9-2-11-25-12-10-22-15-25/h1,3-8,10,12-13,15H,2,9,11,14H2,(H2,23,24,26). The summed E-state index contributed by atoms with van der Waals surface area (Å²) in [4.78, 5) is 16.0. The molecule has 0 saturated carbocycles. The van der Waals surface area contributed by atoms with Crippen LogP contribution in [0.15, 0.2) is 67.3 Å². The summed E-state index contributed by atoms with van der Waals surface area (Å²) in [7, 11) is 0. The van der Waals surface area contributed by atoms with Crippen molar-refractivity contribution >= 4 is 11.7 Å². The lowest BCUT2D eigenvalue weighted by Crippen LogP contribution is -2.30. The van der Waals surface area contributed by atoms with Gasteiger partial charge in [-0.15, -0.1) is 0 Å². The third-order valence-corrected chi connectivity index (χ3v) is 3.85. The first-order valence-electron chi connectivity index (χ1n) is 8.67. The number of halogens is 1. The summed E-state index contributed by atoms with van der Waals surface area (Å²) in [6.07, 6.45) is 6.17. The van der Waals surface area contributed by atoms with E-state index in [1.54, 1.807) is 48.9 Å². The SMILES string of the molecule is O=C(NCCCn1ccnc1)Nc1cccc(OCc2ccc(F)cc2)c1. The van der Waals surface area contributed by atoms with E-state index in [0.29, 0.717) is 24.6 Å². The smallest absolute Gasteiger partial charge is 0.319 e. The Balaban J connectivity index is 1.42. The number of carbonyl (C=O) groups excluding carboxylic acids is 1. The number of hydrogen-bond acceptors (Lipinski definition) is 3. The molecule has 0 aliphatic carbocycles. The molecule has 2 amide bonds. The number of ether oxygens (including phenoxy) is 1. The molecule has 2 N–H and O–H groups in total. The largest absolute Gasteiger partial charge is 0.489 e. The number of anilines is 1. The fourth-order valence-electron chi connectivity index (χ4n) is 2.47. The van der Waals surface area contributed by atoms with E-state index in [9.17, 15) is 9.18 Å². The van der Waals surface area contributed by atoms with Gasteiger partial charge in [0.15, 0.2) is 0 Å². The first-order chi connectivity index (χ1) is 13.2. The van der Waals surface area contributed by atoms with Crippen LogP contribution >= 0.6 is 0 Å². The van der Waals surface area contributed by atoms with Crippen LogP contribution < -0.4 is 15.4 Å². The van der Waals surface area contributed by atoms with E-state index in [-0.39, 0.29) is 11.8 Å². The van der Waals surface area contributed by atoms with Crippen molar-refractivity contribution in [3.63, 3.8) is 0 Å². The number of rotatable bonds is 8. The minimum absolute atomic E-state index is 0.267. The van der Waals surface area contributed by atoms with E-state index in [4.69, 9.17) is 4.74 Å². The van der Waals surface area contributed by atoms with Gasteiger partial charge in [-0.1, -0.05) is 18.2 Å². The fourth-order valence-corrected chi connectivity index (χ4v) is 2.47. The molecular formula is C20H21FN4O2. The zero-order valence-electron chi connectivity index (χ0n) is 14.8. The molecule has 0 atom stereocenters. The van der Waals surface area contributed by atoms with Gasteiger partial charge in [0.1, 0.15) is 18.2 Å². The van der Waals surface area contributed by atoms with E-state index >= 15 is 0 Å². The maximum absolute atomic E-state index is 12.9. The van der Waals surface area contributed by atoms with E-state index < -0.39 is 0 Å². The van der Waals surface area contributed by atoms with Crippen LogP contribution in [0.2, 0.25) is 0 Å². The number of aromatic nitrogens is 2. The number of imidazole rings is 1.